The molecule has 0 aromatic rings. The topological polar surface area (TPSA) is 76.0 Å². The van der Waals surface area contributed by atoms with Crippen LogP contribution in [0.25, 0.3) is 0 Å². The van der Waals surface area contributed by atoms with Gasteiger partial charge in [0.15, 0.2) is 0 Å². The summed E-state index contributed by atoms with van der Waals surface area (Å²) in [5, 5.41) is 33.6. The predicted octanol–water partition coefficient (Wildman–Crippen LogP) is 7.13. The van der Waals surface area contributed by atoms with Gasteiger partial charge in [-0.1, -0.05) is 136 Å². The molecule has 0 amide bonds. The fourth-order valence-corrected chi connectivity index (χ4v) is 4.71. The molecule has 0 saturated heterocycles. The predicted molar refractivity (Wildman–Crippen MR) is 152 cm³/mol. The highest BCUT2D eigenvalue weighted by Gasteiger charge is 2.17. The molecule has 0 saturated carbocycles. The van der Waals surface area contributed by atoms with E-state index < -0.39 is 12.2 Å². The van der Waals surface area contributed by atoms with Crippen molar-refractivity contribution < 1.29 is 15.3 Å². The Morgan fingerprint density at radius 3 is 1.14 bits per heavy atom. The summed E-state index contributed by atoms with van der Waals surface area (Å²) in [6, 6.07) is 0. The first-order valence-electron chi connectivity index (χ1n) is 15.6. The monoisotopic (exact) mass is 500 g/mol. The Bertz CT molecular complexity index is 387. The van der Waals surface area contributed by atoms with Gasteiger partial charge in [0.1, 0.15) is 0 Å². The lowest BCUT2D eigenvalue weighted by Gasteiger charge is -2.29. The SMILES string of the molecule is CCCCCCCCC(O)CNN(CC(O)CCCCCCCC)CC(O)CCCCCCCC. The van der Waals surface area contributed by atoms with Gasteiger partial charge in [-0.15, -0.1) is 0 Å². The van der Waals surface area contributed by atoms with E-state index in [0.717, 1.165) is 38.5 Å². The van der Waals surface area contributed by atoms with Crippen molar-refractivity contribution in [3.05, 3.63) is 0 Å². The summed E-state index contributed by atoms with van der Waals surface area (Å²) in [5.74, 6) is 0. The lowest BCUT2D eigenvalue weighted by atomic mass is 10.1. The van der Waals surface area contributed by atoms with E-state index in [1.807, 2.05) is 5.01 Å². The van der Waals surface area contributed by atoms with Crippen molar-refractivity contribution >= 4 is 0 Å². The van der Waals surface area contributed by atoms with Gasteiger partial charge in [-0.3, -0.25) is 5.43 Å². The molecule has 212 valence electrons. The molecule has 0 aliphatic rings. The van der Waals surface area contributed by atoms with Gasteiger partial charge >= 0.3 is 0 Å². The van der Waals surface area contributed by atoms with E-state index in [9.17, 15) is 15.3 Å². The molecule has 0 spiro atoms. The van der Waals surface area contributed by atoms with Crippen molar-refractivity contribution in [2.75, 3.05) is 19.6 Å². The van der Waals surface area contributed by atoms with Crippen molar-refractivity contribution in [1.29, 1.82) is 0 Å². The zero-order chi connectivity index (χ0) is 26.0. The summed E-state index contributed by atoms with van der Waals surface area (Å²) in [5.41, 5.74) is 3.34. The lowest BCUT2D eigenvalue weighted by molar-refractivity contribution is 0.0205. The van der Waals surface area contributed by atoms with E-state index in [4.69, 9.17) is 0 Å². The second kappa shape index (κ2) is 26.9. The number of unbranched alkanes of at least 4 members (excludes halogenated alkanes) is 15. The molecule has 0 aromatic carbocycles. The maximum Gasteiger partial charge on any atom is 0.0681 e. The van der Waals surface area contributed by atoms with Crippen LogP contribution in [-0.4, -0.2) is 58.3 Å². The molecule has 0 radical (unpaired) electrons. The Morgan fingerprint density at radius 1 is 0.457 bits per heavy atom. The third-order valence-corrected chi connectivity index (χ3v) is 7.09. The van der Waals surface area contributed by atoms with Gasteiger partial charge in [0.05, 0.1) is 18.3 Å². The van der Waals surface area contributed by atoms with Gasteiger partial charge in [-0.05, 0) is 19.3 Å². The fourth-order valence-electron chi connectivity index (χ4n) is 4.71. The molecule has 0 fully saturated rings. The molecule has 0 aliphatic heterocycles. The molecule has 5 heteroatoms. The standard InChI is InChI=1S/C30H64N2O3/c1-4-7-10-13-16-19-22-28(33)25-31-32(26-29(34)23-20-17-14-11-8-5-2)27-30(35)24-21-18-15-12-9-6-3/h28-31,33-35H,4-27H2,1-3H3. The Balaban J connectivity index is 4.35. The molecule has 0 aromatic heterocycles. The average molecular weight is 501 g/mol. The zero-order valence-electron chi connectivity index (χ0n) is 24.0. The molecular formula is C30H64N2O3. The first kappa shape index (κ1) is 34.8. The largest absolute Gasteiger partial charge is 0.392 e. The normalized spacial score (nSPS) is 14.5. The van der Waals surface area contributed by atoms with Gasteiger partial charge in [-0.2, -0.15) is 0 Å². The highest BCUT2D eigenvalue weighted by Crippen LogP contribution is 2.12. The van der Waals surface area contributed by atoms with Gasteiger partial charge in [0.25, 0.3) is 0 Å². The van der Waals surface area contributed by atoms with E-state index in [0.29, 0.717) is 19.6 Å². The minimum Gasteiger partial charge on any atom is -0.392 e. The van der Waals surface area contributed by atoms with Crippen LogP contribution in [0.1, 0.15) is 156 Å². The summed E-state index contributed by atoms with van der Waals surface area (Å²) in [4.78, 5) is 0. The van der Waals surface area contributed by atoms with E-state index in [1.54, 1.807) is 0 Å². The summed E-state index contributed by atoms with van der Waals surface area (Å²) in [6.07, 6.45) is 23.3. The molecule has 35 heavy (non-hydrogen) atoms. The first-order valence-corrected chi connectivity index (χ1v) is 15.6. The van der Waals surface area contributed by atoms with Crippen LogP contribution in [0.3, 0.4) is 0 Å². The summed E-state index contributed by atoms with van der Waals surface area (Å²) in [7, 11) is 0. The van der Waals surface area contributed by atoms with Crippen LogP contribution in [0.5, 0.6) is 0 Å². The molecule has 0 bridgehead atoms. The number of aliphatic hydroxyl groups is 3. The van der Waals surface area contributed by atoms with Crippen LogP contribution < -0.4 is 5.43 Å². The molecule has 3 unspecified atom stereocenters. The first-order chi connectivity index (χ1) is 17.0. The van der Waals surface area contributed by atoms with Gasteiger partial charge in [-0.25, -0.2) is 5.01 Å². The Hall–Kier alpha value is -0.200. The number of hydrazine groups is 1. The maximum absolute atomic E-state index is 10.6. The molecular weight excluding hydrogens is 436 g/mol. The number of aliphatic hydroxyl groups excluding tert-OH is 3. The summed E-state index contributed by atoms with van der Waals surface area (Å²) < 4.78 is 0. The van der Waals surface area contributed by atoms with Crippen molar-refractivity contribution in [3.8, 4) is 0 Å². The lowest BCUT2D eigenvalue weighted by Crippen LogP contribution is -2.49. The van der Waals surface area contributed by atoms with Crippen molar-refractivity contribution in [2.24, 2.45) is 0 Å². The minimum absolute atomic E-state index is 0.380. The van der Waals surface area contributed by atoms with Gasteiger partial charge in [0.2, 0.25) is 0 Å². The number of rotatable bonds is 28. The second-order valence-corrected chi connectivity index (χ2v) is 10.9. The Labute approximate surface area is 219 Å². The molecule has 0 heterocycles. The Morgan fingerprint density at radius 2 is 0.771 bits per heavy atom. The van der Waals surface area contributed by atoms with Crippen molar-refractivity contribution in [3.63, 3.8) is 0 Å². The smallest absolute Gasteiger partial charge is 0.0681 e. The quantitative estimate of drug-likeness (QED) is 0.0679. The fraction of sp³-hybridized carbons (Fsp3) is 1.00. The highest BCUT2D eigenvalue weighted by atomic mass is 16.3. The molecule has 4 N–H and O–H groups in total. The van der Waals surface area contributed by atoms with Crippen LogP contribution in [0, 0.1) is 0 Å². The molecule has 0 rings (SSSR count). The van der Waals surface area contributed by atoms with Crippen molar-refractivity contribution in [1.82, 2.24) is 10.4 Å². The van der Waals surface area contributed by atoms with E-state index in [1.165, 1.54) is 96.3 Å². The van der Waals surface area contributed by atoms with Crippen LogP contribution >= 0.6 is 0 Å². The second-order valence-electron chi connectivity index (χ2n) is 10.9. The number of hydrogen-bond acceptors (Lipinski definition) is 5. The summed E-state index contributed by atoms with van der Waals surface area (Å²) in [6.45, 7) is 8.20. The maximum atomic E-state index is 10.6. The van der Waals surface area contributed by atoms with E-state index in [-0.39, 0.29) is 6.10 Å². The summed E-state index contributed by atoms with van der Waals surface area (Å²) >= 11 is 0. The number of nitrogens with one attached hydrogen (secondary N) is 1. The average Bonchev–Trinajstić information content (AvgIpc) is 2.84. The number of hydrogen-bond donors (Lipinski definition) is 4. The molecule has 0 aliphatic carbocycles. The van der Waals surface area contributed by atoms with Crippen LogP contribution in [0.4, 0.5) is 0 Å². The zero-order valence-corrected chi connectivity index (χ0v) is 24.0. The third kappa shape index (κ3) is 25.2. The third-order valence-electron chi connectivity index (χ3n) is 7.09. The van der Waals surface area contributed by atoms with Crippen LogP contribution in [0.2, 0.25) is 0 Å². The highest BCUT2D eigenvalue weighted by molar-refractivity contribution is 4.69. The number of nitrogens with zero attached hydrogens (tertiary/aromatic N) is 1. The van der Waals surface area contributed by atoms with E-state index >= 15 is 0 Å². The van der Waals surface area contributed by atoms with Crippen molar-refractivity contribution in [2.45, 2.75) is 174 Å². The minimum atomic E-state index is -0.398. The van der Waals surface area contributed by atoms with Crippen LogP contribution in [0.15, 0.2) is 0 Å². The molecule has 5 nitrogen and oxygen atoms in total. The molecule has 3 atom stereocenters. The van der Waals surface area contributed by atoms with Gasteiger partial charge in [0, 0.05) is 19.6 Å². The van der Waals surface area contributed by atoms with Gasteiger partial charge < -0.3 is 15.3 Å². The Kier molecular flexibility index (Phi) is 26.7. The van der Waals surface area contributed by atoms with E-state index in [2.05, 4.69) is 26.2 Å². The van der Waals surface area contributed by atoms with Crippen LogP contribution in [-0.2, 0) is 0 Å².